The highest BCUT2D eigenvalue weighted by molar-refractivity contribution is 14.1. The third kappa shape index (κ3) is 3.29. The van der Waals surface area contributed by atoms with E-state index in [1.807, 2.05) is 37.2 Å². The van der Waals surface area contributed by atoms with Crippen molar-refractivity contribution in [1.29, 1.82) is 0 Å². The Bertz CT molecular complexity index is 1250. The fourth-order valence-electron chi connectivity index (χ4n) is 3.04. The van der Waals surface area contributed by atoms with Crippen molar-refractivity contribution < 1.29 is 8.42 Å². The minimum Gasteiger partial charge on any atom is -0.378 e. The van der Waals surface area contributed by atoms with Crippen LogP contribution in [0.15, 0.2) is 78.0 Å². The number of aromatic nitrogens is 2. The summed E-state index contributed by atoms with van der Waals surface area (Å²) in [5, 5.41) is 0.814. The standard InChI is InChI=1S/C21H18IN3O2S/c1-24(2)17-10-8-15(9-11-17)16-12-19-20(22)14-25(21(19)23-13-16)28(26,27)18-6-4-3-5-7-18/h3-14H,1-2H3. The molecule has 0 spiro atoms. The molecule has 0 atom stereocenters. The Balaban J connectivity index is 1.82. The fraction of sp³-hybridized carbons (Fsp3) is 0.0952. The van der Waals surface area contributed by atoms with Crippen molar-refractivity contribution in [2.24, 2.45) is 0 Å². The number of benzene rings is 2. The molecule has 2 aromatic carbocycles. The van der Waals surface area contributed by atoms with Gasteiger partial charge in [-0.15, -0.1) is 0 Å². The Labute approximate surface area is 177 Å². The van der Waals surface area contributed by atoms with Crippen LogP contribution in [-0.2, 0) is 10.0 Å². The summed E-state index contributed by atoms with van der Waals surface area (Å²) >= 11 is 2.16. The van der Waals surface area contributed by atoms with Gasteiger partial charge in [0.2, 0.25) is 0 Å². The highest BCUT2D eigenvalue weighted by atomic mass is 127. The van der Waals surface area contributed by atoms with Crippen molar-refractivity contribution >= 4 is 49.3 Å². The van der Waals surface area contributed by atoms with E-state index < -0.39 is 10.0 Å². The summed E-state index contributed by atoms with van der Waals surface area (Å²) in [7, 11) is 0.308. The van der Waals surface area contributed by atoms with Crippen LogP contribution in [0.5, 0.6) is 0 Å². The molecule has 4 aromatic rings. The minimum absolute atomic E-state index is 0.244. The lowest BCUT2D eigenvalue weighted by Crippen LogP contribution is -2.12. The Hall–Kier alpha value is -2.39. The molecule has 0 unspecified atom stereocenters. The van der Waals surface area contributed by atoms with Gasteiger partial charge in [-0.3, -0.25) is 0 Å². The molecule has 28 heavy (non-hydrogen) atoms. The van der Waals surface area contributed by atoms with Crippen molar-refractivity contribution in [1.82, 2.24) is 8.96 Å². The van der Waals surface area contributed by atoms with Gasteiger partial charge in [-0.1, -0.05) is 30.3 Å². The van der Waals surface area contributed by atoms with Crippen LogP contribution >= 0.6 is 22.6 Å². The summed E-state index contributed by atoms with van der Waals surface area (Å²) < 4.78 is 28.2. The van der Waals surface area contributed by atoms with Crippen LogP contribution in [0.2, 0.25) is 0 Å². The van der Waals surface area contributed by atoms with Crippen LogP contribution < -0.4 is 4.90 Å². The molecule has 0 aliphatic heterocycles. The number of hydrogen-bond acceptors (Lipinski definition) is 4. The lowest BCUT2D eigenvalue weighted by molar-refractivity contribution is 0.588. The zero-order chi connectivity index (χ0) is 19.9. The van der Waals surface area contributed by atoms with E-state index in [1.54, 1.807) is 42.7 Å². The molecule has 142 valence electrons. The van der Waals surface area contributed by atoms with Crippen LogP contribution in [0.4, 0.5) is 5.69 Å². The van der Waals surface area contributed by atoms with Gasteiger partial charge in [0, 0.05) is 46.7 Å². The van der Waals surface area contributed by atoms with Gasteiger partial charge in [-0.05, 0) is 58.5 Å². The average Bonchev–Trinajstić information content (AvgIpc) is 3.05. The minimum atomic E-state index is -3.69. The van der Waals surface area contributed by atoms with Crippen LogP contribution in [-0.4, -0.2) is 31.5 Å². The van der Waals surface area contributed by atoms with Crippen LogP contribution in [0.1, 0.15) is 0 Å². The normalized spacial score (nSPS) is 11.7. The Kier molecular flexibility index (Phi) is 4.88. The van der Waals surface area contributed by atoms with E-state index in [-0.39, 0.29) is 4.90 Å². The molecule has 4 rings (SSSR count). The number of nitrogens with zero attached hydrogens (tertiary/aromatic N) is 3. The van der Waals surface area contributed by atoms with E-state index in [9.17, 15) is 8.42 Å². The maximum Gasteiger partial charge on any atom is 0.269 e. The fourth-order valence-corrected chi connectivity index (χ4v) is 5.25. The van der Waals surface area contributed by atoms with E-state index in [1.165, 1.54) is 3.97 Å². The largest absolute Gasteiger partial charge is 0.378 e. The molecule has 0 saturated carbocycles. The summed E-state index contributed by atoms with van der Waals surface area (Å²) in [6.45, 7) is 0. The first-order valence-electron chi connectivity index (χ1n) is 8.63. The second kappa shape index (κ2) is 7.21. The van der Waals surface area contributed by atoms with Crippen molar-refractivity contribution in [2.75, 3.05) is 19.0 Å². The topological polar surface area (TPSA) is 55.2 Å². The summed E-state index contributed by atoms with van der Waals surface area (Å²) in [6, 6.07) is 18.6. The lowest BCUT2D eigenvalue weighted by Gasteiger charge is -2.12. The van der Waals surface area contributed by atoms with E-state index in [0.29, 0.717) is 5.65 Å². The maximum atomic E-state index is 13.0. The zero-order valence-corrected chi connectivity index (χ0v) is 18.3. The van der Waals surface area contributed by atoms with Gasteiger partial charge < -0.3 is 4.90 Å². The molecule has 0 aliphatic carbocycles. The predicted octanol–water partition coefficient (Wildman–Crippen LogP) is 4.61. The first-order chi connectivity index (χ1) is 13.4. The molecule has 7 heteroatoms. The molecule has 0 amide bonds. The molecule has 5 nitrogen and oxygen atoms in total. The molecule has 0 fully saturated rings. The summed E-state index contributed by atoms with van der Waals surface area (Å²) in [4.78, 5) is 6.78. The van der Waals surface area contributed by atoms with E-state index in [4.69, 9.17) is 0 Å². The van der Waals surface area contributed by atoms with Crippen molar-refractivity contribution in [2.45, 2.75) is 4.90 Å². The number of hydrogen-bond donors (Lipinski definition) is 0. The quantitative estimate of drug-likeness (QED) is 0.382. The summed E-state index contributed by atoms with van der Waals surface area (Å²) in [5.74, 6) is 0. The number of halogens is 1. The lowest BCUT2D eigenvalue weighted by atomic mass is 10.1. The molecule has 0 bridgehead atoms. The number of fused-ring (bicyclic) bond motifs is 1. The Morgan fingerprint density at radius 2 is 1.64 bits per heavy atom. The van der Waals surface area contributed by atoms with Gasteiger partial charge in [0.25, 0.3) is 10.0 Å². The van der Waals surface area contributed by atoms with Gasteiger partial charge >= 0.3 is 0 Å². The molecular formula is C21H18IN3O2S. The van der Waals surface area contributed by atoms with Gasteiger partial charge in [0.1, 0.15) is 0 Å². The van der Waals surface area contributed by atoms with Gasteiger partial charge in [0.15, 0.2) is 5.65 Å². The maximum absolute atomic E-state index is 13.0. The molecule has 2 aromatic heterocycles. The van der Waals surface area contributed by atoms with Crippen LogP contribution in [0, 0.1) is 3.57 Å². The number of rotatable bonds is 4. The summed E-state index contributed by atoms with van der Waals surface area (Å²) in [6.07, 6.45) is 3.35. The van der Waals surface area contributed by atoms with E-state index in [2.05, 4.69) is 39.7 Å². The Morgan fingerprint density at radius 1 is 0.964 bits per heavy atom. The summed E-state index contributed by atoms with van der Waals surface area (Å²) in [5.41, 5.74) is 3.54. The second-order valence-corrected chi connectivity index (χ2v) is 9.60. The average molecular weight is 503 g/mol. The highest BCUT2D eigenvalue weighted by Crippen LogP contribution is 2.30. The first-order valence-corrected chi connectivity index (χ1v) is 11.1. The van der Waals surface area contributed by atoms with Gasteiger partial charge in [-0.25, -0.2) is 17.4 Å². The number of pyridine rings is 1. The molecule has 0 aliphatic rings. The second-order valence-electron chi connectivity index (χ2n) is 6.63. The monoisotopic (exact) mass is 503 g/mol. The molecule has 0 radical (unpaired) electrons. The van der Waals surface area contributed by atoms with Crippen molar-refractivity contribution in [3.8, 4) is 11.1 Å². The third-order valence-electron chi connectivity index (χ3n) is 4.58. The van der Waals surface area contributed by atoms with E-state index in [0.717, 1.165) is 25.8 Å². The highest BCUT2D eigenvalue weighted by Gasteiger charge is 2.21. The van der Waals surface area contributed by atoms with E-state index >= 15 is 0 Å². The van der Waals surface area contributed by atoms with Crippen LogP contribution in [0.25, 0.3) is 22.2 Å². The van der Waals surface area contributed by atoms with Gasteiger partial charge in [-0.2, -0.15) is 0 Å². The zero-order valence-electron chi connectivity index (χ0n) is 15.4. The van der Waals surface area contributed by atoms with Gasteiger partial charge in [0.05, 0.1) is 4.90 Å². The van der Waals surface area contributed by atoms with Crippen molar-refractivity contribution in [3.05, 3.63) is 76.6 Å². The van der Waals surface area contributed by atoms with Crippen molar-refractivity contribution in [3.63, 3.8) is 0 Å². The van der Waals surface area contributed by atoms with Crippen LogP contribution in [0.3, 0.4) is 0 Å². The smallest absolute Gasteiger partial charge is 0.269 e. The Morgan fingerprint density at radius 3 is 2.29 bits per heavy atom. The predicted molar refractivity (Wildman–Crippen MR) is 121 cm³/mol. The SMILES string of the molecule is CN(C)c1ccc(-c2cnc3c(c2)c(I)cn3S(=O)(=O)c2ccccc2)cc1. The number of anilines is 1. The first kappa shape index (κ1) is 18.9. The molecule has 0 saturated heterocycles. The molecule has 0 N–H and O–H groups in total. The molecule has 2 heterocycles. The molecular weight excluding hydrogens is 485 g/mol. The third-order valence-corrected chi connectivity index (χ3v) is 7.10.